The Bertz CT molecular complexity index is 474. The van der Waals surface area contributed by atoms with Crippen molar-refractivity contribution in [3.05, 3.63) is 11.1 Å². The van der Waals surface area contributed by atoms with Crippen molar-refractivity contribution in [2.45, 2.75) is 45.1 Å². The fourth-order valence-corrected chi connectivity index (χ4v) is 3.17. The van der Waals surface area contributed by atoms with E-state index in [0.717, 1.165) is 11.3 Å². The second-order valence-corrected chi connectivity index (χ2v) is 5.81. The first kappa shape index (κ1) is 15.0. The molecule has 0 aromatic carbocycles. The summed E-state index contributed by atoms with van der Waals surface area (Å²) in [5.41, 5.74) is 0. The number of amides is 2. The smallest absolute Gasteiger partial charge is 0.234 e. The quantitative estimate of drug-likeness (QED) is 0.704. The number of aliphatic carboxylic acids is 1. The molecule has 6 heteroatoms. The molecule has 3 atom stereocenters. The van der Waals surface area contributed by atoms with E-state index in [0.29, 0.717) is 24.3 Å². The van der Waals surface area contributed by atoms with E-state index in [9.17, 15) is 19.5 Å². The minimum absolute atomic E-state index is 0.247. The molecule has 5 nitrogen and oxygen atoms in total. The molecular formula is C14H17ClNO4-. The molecule has 2 amide bonds. The Kier molecular flexibility index (Phi) is 4.48. The molecule has 0 bridgehead atoms. The Balaban J connectivity index is 2.22. The number of likely N-dealkylation sites (tertiary alicyclic amines) is 1. The highest BCUT2D eigenvalue weighted by Crippen LogP contribution is 2.40. The fraction of sp³-hybridized carbons (Fsp3) is 0.643. The number of imide groups is 1. The molecule has 0 saturated carbocycles. The van der Waals surface area contributed by atoms with Crippen LogP contribution in [0.3, 0.4) is 0 Å². The number of fused-ring (bicyclic) bond motifs is 1. The average Bonchev–Trinajstić information content (AvgIpc) is 2.63. The summed E-state index contributed by atoms with van der Waals surface area (Å²) in [5.74, 6) is -3.16. The van der Waals surface area contributed by atoms with Crippen LogP contribution in [0.25, 0.3) is 0 Å². The Labute approximate surface area is 122 Å². The van der Waals surface area contributed by atoms with Crippen LogP contribution >= 0.6 is 11.6 Å². The van der Waals surface area contributed by atoms with Crippen molar-refractivity contribution in [3.8, 4) is 0 Å². The lowest BCUT2D eigenvalue weighted by Gasteiger charge is -2.27. The zero-order chi connectivity index (χ0) is 14.9. The van der Waals surface area contributed by atoms with Gasteiger partial charge < -0.3 is 9.90 Å². The number of allylic oxidation sites excluding steroid dienone is 2. The Morgan fingerprint density at radius 1 is 1.45 bits per heavy atom. The van der Waals surface area contributed by atoms with E-state index in [1.165, 1.54) is 0 Å². The van der Waals surface area contributed by atoms with Crippen molar-refractivity contribution in [1.82, 2.24) is 4.90 Å². The third kappa shape index (κ3) is 2.59. The first-order valence-corrected chi connectivity index (χ1v) is 7.27. The second kappa shape index (κ2) is 5.95. The summed E-state index contributed by atoms with van der Waals surface area (Å²) >= 11 is 5.92. The molecule has 0 aromatic heterocycles. The standard InChI is InChI=1S/C14H18ClNO4/c1-2-3-4-11(14(19)20)16-12(17)9-6-5-8(15)7-10(9)13(16)18/h5,9-11H,2-4,6-7H2,1H3,(H,19,20)/p-1/t9-,10+,11+/m1/s1. The monoisotopic (exact) mass is 298 g/mol. The van der Waals surface area contributed by atoms with E-state index in [1.54, 1.807) is 6.08 Å². The fourth-order valence-electron chi connectivity index (χ4n) is 2.91. The van der Waals surface area contributed by atoms with Crippen LogP contribution < -0.4 is 5.11 Å². The molecule has 110 valence electrons. The first-order chi connectivity index (χ1) is 9.47. The summed E-state index contributed by atoms with van der Waals surface area (Å²) in [5, 5.41) is 11.8. The van der Waals surface area contributed by atoms with Crippen LogP contribution in [0.2, 0.25) is 0 Å². The number of carbonyl (C=O) groups is 3. The maximum Gasteiger partial charge on any atom is 0.234 e. The summed E-state index contributed by atoms with van der Waals surface area (Å²) < 4.78 is 0. The molecule has 0 spiro atoms. The van der Waals surface area contributed by atoms with E-state index in [2.05, 4.69) is 0 Å². The summed E-state index contributed by atoms with van der Waals surface area (Å²) in [6, 6.07) is -1.15. The van der Waals surface area contributed by atoms with E-state index in [4.69, 9.17) is 11.6 Å². The number of halogens is 1. The molecule has 1 heterocycles. The lowest BCUT2D eigenvalue weighted by Crippen LogP contribution is -2.51. The van der Waals surface area contributed by atoms with Gasteiger partial charge in [0.05, 0.1) is 23.8 Å². The molecule has 1 saturated heterocycles. The number of hydrogen-bond donors (Lipinski definition) is 0. The van der Waals surface area contributed by atoms with Crippen LogP contribution in [0.5, 0.6) is 0 Å². The van der Waals surface area contributed by atoms with Crippen molar-refractivity contribution in [3.63, 3.8) is 0 Å². The molecule has 0 unspecified atom stereocenters. The highest BCUT2D eigenvalue weighted by atomic mass is 35.5. The highest BCUT2D eigenvalue weighted by molar-refractivity contribution is 6.30. The van der Waals surface area contributed by atoms with Gasteiger partial charge in [-0.15, -0.1) is 0 Å². The number of rotatable bonds is 5. The van der Waals surface area contributed by atoms with Crippen LogP contribution in [0.1, 0.15) is 39.0 Å². The van der Waals surface area contributed by atoms with Crippen LogP contribution in [0.4, 0.5) is 0 Å². The van der Waals surface area contributed by atoms with Gasteiger partial charge in [0.2, 0.25) is 11.8 Å². The van der Waals surface area contributed by atoms with Gasteiger partial charge in [0.25, 0.3) is 0 Å². The number of carboxylic acid groups (broad SMARTS) is 1. The largest absolute Gasteiger partial charge is 0.548 e. The van der Waals surface area contributed by atoms with Gasteiger partial charge in [0.1, 0.15) is 0 Å². The molecule has 0 aromatic rings. The predicted molar refractivity (Wildman–Crippen MR) is 70.3 cm³/mol. The van der Waals surface area contributed by atoms with Crippen LogP contribution in [0, 0.1) is 11.8 Å². The topological polar surface area (TPSA) is 77.5 Å². The Morgan fingerprint density at radius 3 is 2.70 bits per heavy atom. The average molecular weight is 299 g/mol. The molecule has 2 rings (SSSR count). The summed E-state index contributed by atoms with van der Waals surface area (Å²) in [6.07, 6.45) is 4.12. The van der Waals surface area contributed by atoms with Gasteiger partial charge in [-0.25, -0.2) is 0 Å². The van der Waals surface area contributed by atoms with Crippen LogP contribution in [-0.4, -0.2) is 28.7 Å². The Hall–Kier alpha value is -1.36. The number of unbranched alkanes of at least 4 members (excludes halogenated alkanes) is 1. The zero-order valence-corrected chi connectivity index (χ0v) is 12.1. The lowest BCUT2D eigenvalue weighted by molar-refractivity contribution is -0.311. The summed E-state index contributed by atoms with van der Waals surface area (Å²) in [6.45, 7) is 1.92. The van der Waals surface area contributed by atoms with E-state index in [-0.39, 0.29) is 6.42 Å². The van der Waals surface area contributed by atoms with Crippen LogP contribution in [-0.2, 0) is 14.4 Å². The number of carbonyl (C=O) groups excluding carboxylic acids is 3. The molecular weight excluding hydrogens is 282 g/mol. The molecule has 2 aliphatic rings. The molecule has 1 aliphatic heterocycles. The van der Waals surface area contributed by atoms with Gasteiger partial charge in [-0.2, -0.15) is 0 Å². The Morgan fingerprint density at radius 2 is 2.10 bits per heavy atom. The third-order valence-electron chi connectivity index (χ3n) is 4.02. The first-order valence-electron chi connectivity index (χ1n) is 6.89. The number of hydrogen-bond acceptors (Lipinski definition) is 4. The normalized spacial score (nSPS) is 27.3. The van der Waals surface area contributed by atoms with Crippen molar-refractivity contribution in [2.75, 3.05) is 0 Å². The minimum atomic E-state index is -1.36. The number of nitrogens with zero attached hydrogens (tertiary/aromatic N) is 1. The van der Waals surface area contributed by atoms with Gasteiger partial charge in [0, 0.05) is 5.03 Å². The summed E-state index contributed by atoms with van der Waals surface area (Å²) in [7, 11) is 0. The van der Waals surface area contributed by atoms with Gasteiger partial charge >= 0.3 is 0 Å². The zero-order valence-electron chi connectivity index (χ0n) is 11.3. The second-order valence-electron chi connectivity index (χ2n) is 5.33. The van der Waals surface area contributed by atoms with Gasteiger partial charge in [-0.05, 0) is 19.3 Å². The SMILES string of the molecule is CCCC[C@@H](C(=O)[O-])N1C(=O)[C@H]2CC(Cl)=CC[C@H]2C1=O. The van der Waals surface area contributed by atoms with Crippen LogP contribution in [0.15, 0.2) is 11.1 Å². The molecule has 0 N–H and O–H groups in total. The summed E-state index contributed by atoms with van der Waals surface area (Å²) in [4.78, 5) is 36.8. The minimum Gasteiger partial charge on any atom is -0.548 e. The van der Waals surface area contributed by atoms with E-state index >= 15 is 0 Å². The van der Waals surface area contributed by atoms with Gasteiger partial charge in [-0.1, -0.05) is 37.4 Å². The van der Waals surface area contributed by atoms with E-state index in [1.807, 2.05) is 6.92 Å². The lowest BCUT2D eigenvalue weighted by atomic mass is 9.85. The highest BCUT2D eigenvalue weighted by Gasteiger charge is 2.50. The third-order valence-corrected chi connectivity index (χ3v) is 4.33. The van der Waals surface area contributed by atoms with Gasteiger partial charge in [0.15, 0.2) is 0 Å². The van der Waals surface area contributed by atoms with Gasteiger partial charge in [-0.3, -0.25) is 14.5 Å². The molecule has 0 radical (unpaired) electrons. The maximum absolute atomic E-state index is 12.3. The van der Waals surface area contributed by atoms with Crippen molar-refractivity contribution < 1.29 is 19.5 Å². The molecule has 1 fully saturated rings. The van der Waals surface area contributed by atoms with Crippen molar-refractivity contribution in [2.24, 2.45) is 11.8 Å². The van der Waals surface area contributed by atoms with Crippen molar-refractivity contribution >= 4 is 29.4 Å². The van der Waals surface area contributed by atoms with Crippen molar-refractivity contribution in [1.29, 1.82) is 0 Å². The van der Waals surface area contributed by atoms with E-state index < -0.39 is 35.7 Å². The maximum atomic E-state index is 12.3. The molecule has 20 heavy (non-hydrogen) atoms. The number of carboxylic acids is 1. The predicted octanol–water partition coefficient (Wildman–Crippen LogP) is 0.813. The molecule has 1 aliphatic carbocycles.